The average molecular weight is 394 g/mol. The number of benzene rings is 2. The maximum Gasteiger partial charge on any atom is 0.247 e. The lowest BCUT2D eigenvalue weighted by atomic mass is 10.2. The van der Waals surface area contributed by atoms with Crippen molar-refractivity contribution in [2.24, 2.45) is 0 Å². The number of carbonyl (C=O) groups is 1. The van der Waals surface area contributed by atoms with Crippen LogP contribution in [0.4, 0.5) is 15.8 Å². The Kier molecular flexibility index (Phi) is 6.43. The fourth-order valence-electron chi connectivity index (χ4n) is 2.58. The van der Waals surface area contributed by atoms with Crippen molar-refractivity contribution < 1.29 is 22.3 Å². The number of nitrogens with zero attached hydrogens (tertiary/aromatic N) is 1. The Morgan fingerprint density at radius 2 is 1.78 bits per heavy atom. The van der Waals surface area contributed by atoms with Gasteiger partial charge in [-0.25, -0.2) is 12.8 Å². The van der Waals surface area contributed by atoms with Crippen LogP contribution in [-0.2, 0) is 14.8 Å². The minimum absolute atomic E-state index is 0.0309. The number of ether oxygens (including phenoxy) is 1. The fourth-order valence-corrected chi connectivity index (χ4v) is 3.75. The van der Waals surface area contributed by atoms with E-state index >= 15 is 0 Å². The van der Waals surface area contributed by atoms with Gasteiger partial charge >= 0.3 is 0 Å². The molecule has 0 aliphatic carbocycles. The predicted octanol–water partition coefficient (Wildman–Crippen LogP) is 3.41. The van der Waals surface area contributed by atoms with E-state index in [4.69, 9.17) is 4.74 Å². The van der Waals surface area contributed by atoms with Gasteiger partial charge in [0.2, 0.25) is 15.9 Å². The van der Waals surface area contributed by atoms with Gasteiger partial charge in [0.15, 0.2) is 0 Å². The molecule has 0 radical (unpaired) electrons. The monoisotopic (exact) mass is 394 g/mol. The van der Waals surface area contributed by atoms with Gasteiger partial charge in [0.05, 0.1) is 18.0 Å². The number of hydrogen-bond donors (Lipinski definition) is 1. The van der Waals surface area contributed by atoms with Gasteiger partial charge < -0.3 is 10.1 Å². The largest absolute Gasteiger partial charge is 0.491 e. The molecule has 2 rings (SSSR count). The van der Waals surface area contributed by atoms with E-state index in [2.05, 4.69) is 5.32 Å². The fraction of sp³-hybridized carbons (Fsp3) is 0.316. The maximum atomic E-state index is 14.1. The summed E-state index contributed by atoms with van der Waals surface area (Å²) in [6.07, 6.45) is 0.900. The number of rotatable bonds is 7. The van der Waals surface area contributed by atoms with E-state index in [0.29, 0.717) is 11.4 Å². The number of para-hydroxylation sites is 1. The van der Waals surface area contributed by atoms with Crippen LogP contribution in [-0.4, -0.2) is 32.7 Å². The van der Waals surface area contributed by atoms with Crippen LogP contribution in [0.1, 0.15) is 20.8 Å². The predicted molar refractivity (Wildman–Crippen MR) is 104 cm³/mol. The van der Waals surface area contributed by atoms with Crippen molar-refractivity contribution >= 4 is 27.3 Å². The first-order chi connectivity index (χ1) is 12.6. The normalized spacial score (nSPS) is 12.5. The zero-order valence-corrected chi connectivity index (χ0v) is 16.5. The van der Waals surface area contributed by atoms with E-state index < -0.39 is 27.8 Å². The molecule has 8 heteroatoms. The quantitative estimate of drug-likeness (QED) is 0.781. The summed E-state index contributed by atoms with van der Waals surface area (Å²) in [5.41, 5.74) is 0.270. The van der Waals surface area contributed by atoms with Crippen LogP contribution in [0.3, 0.4) is 0 Å². The molecule has 2 aromatic rings. The molecule has 0 aliphatic rings. The number of halogens is 1. The van der Waals surface area contributed by atoms with Crippen molar-refractivity contribution in [3.8, 4) is 5.75 Å². The molecule has 1 atom stereocenters. The summed E-state index contributed by atoms with van der Waals surface area (Å²) in [5, 5.41) is 2.65. The van der Waals surface area contributed by atoms with Crippen molar-refractivity contribution in [2.45, 2.75) is 32.9 Å². The summed E-state index contributed by atoms with van der Waals surface area (Å²) in [7, 11) is -3.89. The van der Waals surface area contributed by atoms with Crippen LogP contribution in [0.2, 0.25) is 0 Å². The van der Waals surface area contributed by atoms with E-state index in [1.165, 1.54) is 25.1 Å². The van der Waals surface area contributed by atoms with Crippen molar-refractivity contribution in [3.05, 3.63) is 54.3 Å². The molecular weight excluding hydrogens is 371 g/mol. The number of amides is 1. The summed E-state index contributed by atoms with van der Waals surface area (Å²) in [6, 6.07) is 11.0. The zero-order chi connectivity index (χ0) is 20.2. The Balaban J connectivity index is 2.27. The van der Waals surface area contributed by atoms with Gasteiger partial charge in [0, 0.05) is 11.8 Å². The van der Waals surface area contributed by atoms with Gasteiger partial charge in [-0.05, 0) is 45.0 Å². The Morgan fingerprint density at radius 3 is 2.37 bits per heavy atom. The van der Waals surface area contributed by atoms with Crippen LogP contribution in [0.5, 0.6) is 5.75 Å². The summed E-state index contributed by atoms with van der Waals surface area (Å²) in [4.78, 5) is 12.6. The molecule has 0 spiro atoms. The highest BCUT2D eigenvalue weighted by molar-refractivity contribution is 7.92. The second-order valence-corrected chi connectivity index (χ2v) is 8.23. The molecule has 0 fully saturated rings. The van der Waals surface area contributed by atoms with Crippen LogP contribution >= 0.6 is 0 Å². The van der Waals surface area contributed by atoms with Gasteiger partial charge in [-0.1, -0.05) is 18.2 Å². The third-order valence-electron chi connectivity index (χ3n) is 3.65. The lowest BCUT2D eigenvalue weighted by Crippen LogP contribution is -2.45. The molecule has 146 valence electrons. The van der Waals surface area contributed by atoms with E-state index in [9.17, 15) is 17.6 Å². The number of nitrogens with one attached hydrogen (secondary N) is 1. The summed E-state index contributed by atoms with van der Waals surface area (Å²) >= 11 is 0. The molecule has 0 aliphatic heterocycles. The molecule has 6 nitrogen and oxygen atoms in total. The average Bonchev–Trinajstić information content (AvgIpc) is 2.55. The van der Waals surface area contributed by atoms with Crippen LogP contribution in [0, 0.1) is 5.82 Å². The van der Waals surface area contributed by atoms with E-state index in [1.807, 2.05) is 13.8 Å². The van der Waals surface area contributed by atoms with Crippen molar-refractivity contribution in [1.29, 1.82) is 0 Å². The lowest BCUT2D eigenvalue weighted by molar-refractivity contribution is -0.116. The Hall–Kier alpha value is -2.61. The Labute approximate surface area is 159 Å². The molecule has 0 saturated heterocycles. The van der Waals surface area contributed by atoms with E-state index in [1.54, 1.807) is 24.3 Å². The third kappa shape index (κ3) is 5.43. The van der Waals surface area contributed by atoms with Gasteiger partial charge in [0.1, 0.15) is 17.6 Å². The van der Waals surface area contributed by atoms with Crippen molar-refractivity contribution in [2.75, 3.05) is 15.9 Å². The number of hydrogen-bond acceptors (Lipinski definition) is 4. The molecule has 0 aromatic heterocycles. The first kappa shape index (κ1) is 20.7. The first-order valence-electron chi connectivity index (χ1n) is 8.41. The van der Waals surface area contributed by atoms with Gasteiger partial charge in [-0.15, -0.1) is 0 Å². The zero-order valence-electron chi connectivity index (χ0n) is 15.6. The Morgan fingerprint density at radius 1 is 1.11 bits per heavy atom. The third-order valence-corrected chi connectivity index (χ3v) is 4.88. The smallest absolute Gasteiger partial charge is 0.247 e. The minimum Gasteiger partial charge on any atom is -0.491 e. The Bertz CT molecular complexity index is 915. The molecule has 2 aromatic carbocycles. The van der Waals surface area contributed by atoms with E-state index in [-0.39, 0.29) is 11.8 Å². The maximum absolute atomic E-state index is 14.1. The van der Waals surface area contributed by atoms with Gasteiger partial charge in [-0.2, -0.15) is 0 Å². The lowest BCUT2D eigenvalue weighted by Gasteiger charge is -2.28. The highest BCUT2D eigenvalue weighted by atomic mass is 32.2. The number of anilines is 2. The van der Waals surface area contributed by atoms with Crippen molar-refractivity contribution in [1.82, 2.24) is 0 Å². The standard InChI is InChI=1S/C19H23FN2O4S/c1-13(2)26-16-9-7-8-15(12-16)21-19(23)14(3)22(27(4,24)25)18-11-6-5-10-17(18)20/h5-14H,1-4H3,(H,21,23). The summed E-state index contributed by atoms with van der Waals surface area (Å²) in [6.45, 7) is 5.16. The highest BCUT2D eigenvalue weighted by Crippen LogP contribution is 2.25. The van der Waals surface area contributed by atoms with Crippen molar-refractivity contribution in [3.63, 3.8) is 0 Å². The SMILES string of the molecule is CC(C)Oc1cccc(NC(=O)C(C)N(c2ccccc2F)S(C)(=O)=O)c1. The topological polar surface area (TPSA) is 75.7 Å². The van der Waals surface area contributed by atoms with E-state index in [0.717, 1.165) is 16.6 Å². The van der Waals surface area contributed by atoms with Gasteiger partial charge in [0.25, 0.3) is 0 Å². The van der Waals surface area contributed by atoms with Crippen LogP contribution < -0.4 is 14.4 Å². The molecule has 0 heterocycles. The molecule has 27 heavy (non-hydrogen) atoms. The first-order valence-corrected chi connectivity index (χ1v) is 10.3. The van der Waals surface area contributed by atoms with Crippen LogP contribution in [0.15, 0.2) is 48.5 Å². The second-order valence-electron chi connectivity index (χ2n) is 6.37. The van der Waals surface area contributed by atoms with Gasteiger partial charge in [-0.3, -0.25) is 9.10 Å². The molecule has 0 saturated carbocycles. The molecule has 1 N–H and O–H groups in total. The molecule has 0 bridgehead atoms. The molecule has 1 unspecified atom stereocenters. The number of sulfonamides is 1. The molecular formula is C19H23FN2O4S. The summed E-state index contributed by atoms with van der Waals surface area (Å²) < 4.78 is 44.9. The molecule has 1 amide bonds. The second kappa shape index (κ2) is 8.39. The minimum atomic E-state index is -3.89. The highest BCUT2D eigenvalue weighted by Gasteiger charge is 2.31. The summed E-state index contributed by atoms with van der Waals surface area (Å²) in [5.74, 6) is -0.746. The van der Waals surface area contributed by atoms with Crippen LogP contribution in [0.25, 0.3) is 0 Å². The number of carbonyl (C=O) groups excluding carboxylic acids is 1.